The smallest absolute Gasteiger partial charge is 0.306 e. The second-order valence-corrected chi connectivity index (χ2v) is 5.51. The average molecular weight is 295 g/mol. The summed E-state index contributed by atoms with van der Waals surface area (Å²) >= 11 is 0. The number of nitrogens with one attached hydrogen (secondary N) is 1. The summed E-state index contributed by atoms with van der Waals surface area (Å²) in [4.78, 5) is 11.0. The number of benzene rings is 1. The molecule has 0 bridgehead atoms. The number of aliphatic carboxylic acids is 1. The highest BCUT2D eigenvalue weighted by molar-refractivity contribution is 5.70. The Morgan fingerprint density at radius 2 is 2.10 bits per heavy atom. The van der Waals surface area contributed by atoms with Crippen molar-refractivity contribution in [1.82, 2.24) is 5.32 Å². The van der Waals surface area contributed by atoms with Crippen LogP contribution in [0.3, 0.4) is 0 Å². The summed E-state index contributed by atoms with van der Waals surface area (Å²) in [6.45, 7) is 1.37. The Bertz CT molecular complexity index is 449. The van der Waals surface area contributed by atoms with Crippen LogP contribution >= 0.6 is 0 Å². The van der Waals surface area contributed by atoms with Crippen LogP contribution in [0.25, 0.3) is 0 Å². The fourth-order valence-corrected chi connectivity index (χ4v) is 2.70. The lowest BCUT2D eigenvalue weighted by molar-refractivity contribution is -0.143. The van der Waals surface area contributed by atoms with Crippen molar-refractivity contribution in [2.75, 3.05) is 13.2 Å². The lowest BCUT2D eigenvalue weighted by atomic mass is 9.86. The third-order valence-electron chi connectivity index (χ3n) is 3.86. The fourth-order valence-electron chi connectivity index (χ4n) is 2.70. The molecule has 116 valence electrons. The van der Waals surface area contributed by atoms with Crippen molar-refractivity contribution in [2.45, 2.75) is 38.1 Å². The van der Waals surface area contributed by atoms with E-state index in [4.69, 9.17) is 9.84 Å². The van der Waals surface area contributed by atoms with Gasteiger partial charge in [-0.2, -0.15) is 0 Å². The van der Waals surface area contributed by atoms with Crippen LogP contribution in [0.15, 0.2) is 24.3 Å². The molecule has 0 radical (unpaired) electrons. The second-order valence-electron chi connectivity index (χ2n) is 5.51. The van der Waals surface area contributed by atoms with Crippen molar-refractivity contribution in [2.24, 2.45) is 5.92 Å². The molecule has 1 aliphatic rings. The van der Waals surface area contributed by atoms with Crippen LogP contribution in [0.2, 0.25) is 0 Å². The molecule has 1 fully saturated rings. The maximum atomic E-state index is 12.7. The maximum absolute atomic E-state index is 12.7. The standard InChI is InChI=1S/C16H22FNO3/c17-13-5-7-15(8-6-13)21-10-2-9-18-14-4-1-3-12(11-14)16(19)20/h5-8,12,14,18H,1-4,9-11H2,(H,19,20). The van der Waals surface area contributed by atoms with Crippen LogP contribution < -0.4 is 10.1 Å². The van der Waals surface area contributed by atoms with Crippen molar-refractivity contribution in [1.29, 1.82) is 0 Å². The number of carbonyl (C=O) groups is 1. The van der Waals surface area contributed by atoms with Gasteiger partial charge in [-0.05, 0) is 56.5 Å². The minimum absolute atomic E-state index is 0.202. The van der Waals surface area contributed by atoms with Gasteiger partial charge in [-0.3, -0.25) is 4.79 Å². The van der Waals surface area contributed by atoms with E-state index < -0.39 is 5.97 Å². The lowest BCUT2D eigenvalue weighted by Gasteiger charge is -2.27. The SMILES string of the molecule is O=C(O)C1CCCC(NCCCOc2ccc(F)cc2)C1. The molecule has 0 heterocycles. The first-order chi connectivity index (χ1) is 10.1. The minimum Gasteiger partial charge on any atom is -0.494 e. The van der Waals surface area contributed by atoms with Crippen molar-refractivity contribution < 1.29 is 19.0 Å². The Morgan fingerprint density at radius 3 is 2.81 bits per heavy atom. The molecule has 2 atom stereocenters. The zero-order chi connectivity index (χ0) is 15.1. The molecule has 5 heteroatoms. The second kappa shape index (κ2) is 7.98. The summed E-state index contributed by atoms with van der Waals surface area (Å²) in [6.07, 6.45) is 4.37. The third kappa shape index (κ3) is 5.34. The van der Waals surface area contributed by atoms with Gasteiger partial charge in [0.05, 0.1) is 12.5 Å². The first-order valence-corrected chi connectivity index (χ1v) is 7.49. The lowest BCUT2D eigenvalue weighted by Crippen LogP contribution is -2.37. The average Bonchev–Trinajstić information content (AvgIpc) is 2.49. The summed E-state index contributed by atoms with van der Waals surface area (Å²) in [5, 5.41) is 12.4. The molecule has 1 aromatic rings. The van der Waals surface area contributed by atoms with Gasteiger partial charge in [0.15, 0.2) is 0 Å². The number of hydrogen-bond acceptors (Lipinski definition) is 3. The van der Waals surface area contributed by atoms with E-state index in [1.807, 2.05) is 0 Å². The molecule has 1 saturated carbocycles. The molecule has 0 spiro atoms. The molecule has 0 amide bonds. The summed E-state index contributed by atoms with van der Waals surface area (Å²) < 4.78 is 18.2. The first kappa shape index (κ1) is 15.8. The van der Waals surface area contributed by atoms with Crippen LogP contribution in [-0.2, 0) is 4.79 Å². The first-order valence-electron chi connectivity index (χ1n) is 7.49. The van der Waals surface area contributed by atoms with E-state index in [0.29, 0.717) is 24.8 Å². The zero-order valence-electron chi connectivity index (χ0n) is 12.1. The van der Waals surface area contributed by atoms with Crippen molar-refractivity contribution in [3.63, 3.8) is 0 Å². The van der Waals surface area contributed by atoms with Crippen LogP contribution in [0, 0.1) is 11.7 Å². The number of carboxylic acid groups (broad SMARTS) is 1. The number of halogens is 1. The Morgan fingerprint density at radius 1 is 1.33 bits per heavy atom. The largest absolute Gasteiger partial charge is 0.494 e. The monoisotopic (exact) mass is 295 g/mol. The number of carboxylic acids is 1. The topological polar surface area (TPSA) is 58.6 Å². The Kier molecular flexibility index (Phi) is 5.99. The van der Waals surface area contributed by atoms with Crippen molar-refractivity contribution in [3.8, 4) is 5.75 Å². The molecular weight excluding hydrogens is 273 g/mol. The van der Waals surface area contributed by atoms with E-state index in [1.165, 1.54) is 12.1 Å². The number of ether oxygens (including phenoxy) is 1. The van der Waals surface area contributed by atoms with Crippen LogP contribution in [0.5, 0.6) is 5.75 Å². The Labute approximate surface area is 124 Å². The van der Waals surface area contributed by atoms with Crippen molar-refractivity contribution in [3.05, 3.63) is 30.1 Å². The molecule has 1 aliphatic carbocycles. The highest BCUT2D eigenvalue weighted by Crippen LogP contribution is 2.24. The molecule has 2 rings (SSSR count). The fraction of sp³-hybridized carbons (Fsp3) is 0.562. The normalized spacial score (nSPS) is 22.0. The Balaban J connectivity index is 1.59. The van der Waals surface area contributed by atoms with Gasteiger partial charge in [0, 0.05) is 6.04 Å². The number of hydrogen-bond donors (Lipinski definition) is 2. The van der Waals surface area contributed by atoms with Gasteiger partial charge in [-0.25, -0.2) is 4.39 Å². The van der Waals surface area contributed by atoms with Gasteiger partial charge in [0.1, 0.15) is 11.6 Å². The summed E-state index contributed by atoms with van der Waals surface area (Å²) in [5.74, 6) is -0.484. The van der Waals surface area contributed by atoms with Gasteiger partial charge in [-0.1, -0.05) is 6.42 Å². The molecule has 2 N–H and O–H groups in total. The molecule has 0 aromatic heterocycles. The van der Waals surface area contributed by atoms with Crippen LogP contribution in [0.4, 0.5) is 4.39 Å². The van der Waals surface area contributed by atoms with Gasteiger partial charge in [0.25, 0.3) is 0 Å². The maximum Gasteiger partial charge on any atom is 0.306 e. The Hall–Kier alpha value is -1.62. The van der Waals surface area contributed by atoms with Gasteiger partial charge < -0.3 is 15.2 Å². The third-order valence-corrected chi connectivity index (χ3v) is 3.86. The highest BCUT2D eigenvalue weighted by Gasteiger charge is 2.26. The van der Waals surface area contributed by atoms with Crippen LogP contribution in [-0.4, -0.2) is 30.3 Å². The molecule has 0 aliphatic heterocycles. The van der Waals surface area contributed by atoms with E-state index in [-0.39, 0.29) is 11.7 Å². The number of rotatable bonds is 7. The molecule has 1 aromatic carbocycles. The minimum atomic E-state index is -0.679. The highest BCUT2D eigenvalue weighted by atomic mass is 19.1. The summed E-state index contributed by atoms with van der Waals surface area (Å²) in [7, 11) is 0. The predicted octanol–water partition coefficient (Wildman–Crippen LogP) is 2.83. The summed E-state index contributed by atoms with van der Waals surface area (Å²) in [5.41, 5.74) is 0. The van der Waals surface area contributed by atoms with E-state index in [2.05, 4.69) is 5.32 Å². The van der Waals surface area contributed by atoms with E-state index in [9.17, 15) is 9.18 Å². The van der Waals surface area contributed by atoms with Gasteiger partial charge >= 0.3 is 5.97 Å². The summed E-state index contributed by atoms with van der Waals surface area (Å²) in [6, 6.07) is 6.28. The van der Waals surface area contributed by atoms with Crippen molar-refractivity contribution >= 4 is 5.97 Å². The quantitative estimate of drug-likeness (QED) is 0.759. The molecule has 2 unspecified atom stereocenters. The van der Waals surface area contributed by atoms with Gasteiger partial charge in [-0.15, -0.1) is 0 Å². The van der Waals surface area contributed by atoms with E-state index in [1.54, 1.807) is 12.1 Å². The van der Waals surface area contributed by atoms with Crippen LogP contribution in [0.1, 0.15) is 32.1 Å². The molecular formula is C16H22FNO3. The molecule has 4 nitrogen and oxygen atoms in total. The van der Waals surface area contributed by atoms with E-state index >= 15 is 0 Å². The van der Waals surface area contributed by atoms with E-state index in [0.717, 1.165) is 32.2 Å². The predicted molar refractivity (Wildman–Crippen MR) is 77.9 cm³/mol. The van der Waals surface area contributed by atoms with Gasteiger partial charge in [0.2, 0.25) is 0 Å². The zero-order valence-corrected chi connectivity index (χ0v) is 12.1. The molecule has 21 heavy (non-hydrogen) atoms. The molecule has 0 saturated heterocycles.